The largest absolute Gasteiger partial charge is 0.473 e. The van der Waals surface area contributed by atoms with Crippen molar-refractivity contribution >= 4 is 17.4 Å². The lowest BCUT2D eigenvalue weighted by molar-refractivity contribution is 0.234. The first-order valence-electron chi connectivity index (χ1n) is 7.48. The number of hydrogen-bond acceptors (Lipinski definition) is 3. The molecule has 0 saturated heterocycles. The molecule has 2 N–H and O–H groups in total. The zero-order valence-electron chi connectivity index (χ0n) is 14.0. The second-order valence-corrected chi connectivity index (χ2v) is 5.61. The van der Waals surface area contributed by atoms with Gasteiger partial charge in [-0.15, -0.1) is 0 Å². The quantitative estimate of drug-likeness (QED) is 0.830. The number of aryl methyl sites for hydroxylation is 2. The van der Waals surface area contributed by atoms with E-state index in [2.05, 4.69) is 10.6 Å². The van der Waals surface area contributed by atoms with Crippen molar-refractivity contribution in [1.29, 1.82) is 0 Å². The van der Waals surface area contributed by atoms with Gasteiger partial charge in [-0.25, -0.2) is 4.79 Å². The first-order chi connectivity index (χ1) is 11.0. The molecule has 5 heteroatoms. The Morgan fingerprint density at radius 1 is 1.09 bits per heavy atom. The lowest BCUT2D eigenvalue weighted by Gasteiger charge is -2.14. The second kappa shape index (κ2) is 7.54. The summed E-state index contributed by atoms with van der Waals surface area (Å²) in [7, 11) is 3.91. The maximum atomic E-state index is 11.9. The molecule has 0 radical (unpaired) electrons. The van der Waals surface area contributed by atoms with Crippen molar-refractivity contribution in [2.75, 3.05) is 31.0 Å². The molecule has 2 aromatic rings. The molecule has 5 nitrogen and oxygen atoms in total. The Morgan fingerprint density at radius 2 is 1.87 bits per heavy atom. The molecule has 2 rings (SSSR count). The molecule has 0 aromatic heterocycles. The van der Waals surface area contributed by atoms with E-state index in [9.17, 15) is 4.79 Å². The number of benzene rings is 2. The van der Waals surface area contributed by atoms with Crippen LogP contribution in [0.5, 0.6) is 5.75 Å². The van der Waals surface area contributed by atoms with E-state index in [0.717, 1.165) is 22.7 Å². The van der Waals surface area contributed by atoms with Crippen molar-refractivity contribution < 1.29 is 9.53 Å². The molecule has 2 aromatic carbocycles. The topological polar surface area (TPSA) is 53.6 Å². The number of carbonyl (C=O) groups excluding carboxylic acids is 1. The molecule has 2 amide bonds. The van der Waals surface area contributed by atoms with E-state index in [0.29, 0.717) is 0 Å². The molecule has 122 valence electrons. The van der Waals surface area contributed by atoms with Crippen LogP contribution in [0.3, 0.4) is 0 Å². The maximum Gasteiger partial charge on any atom is 0.321 e. The third-order valence-electron chi connectivity index (χ3n) is 3.57. The maximum absolute atomic E-state index is 11.9. The minimum absolute atomic E-state index is 0.113. The van der Waals surface area contributed by atoms with Gasteiger partial charge >= 0.3 is 6.03 Å². The Hall–Kier alpha value is -2.69. The Morgan fingerprint density at radius 3 is 2.57 bits per heavy atom. The summed E-state index contributed by atoms with van der Waals surface area (Å²) in [5, 5.41) is 5.46. The molecule has 0 saturated carbocycles. The van der Waals surface area contributed by atoms with Gasteiger partial charge in [0.05, 0.1) is 0 Å². The van der Waals surface area contributed by atoms with Gasteiger partial charge < -0.3 is 20.3 Å². The first kappa shape index (κ1) is 16.7. The molecule has 0 unspecified atom stereocenters. The lowest BCUT2D eigenvalue weighted by Crippen LogP contribution is -2.32. The predicted molar refractivity (Wildman–Crippen MR) is 94.3 cm³/mol. The van der Waals surface area contributed by atoms with Crippen LogP contribution in [0.4, 0.5) is 16.2 Å². The third-order valence-corrected chi connectivity index (χ3v) is 3.57. The molecule has 0 aliphatic carbocycles. The Balaban J connectivity index is 1.83. The summed E-state index contributed by atoms with van der Waals surface area (Å²) in [6.07, 6.45) is 0. The Kier molecular flexibility index (Phi) is 5.46. The molecule has 0 spiro atoms. The molecule has 0 aliphatic rings. The summed E-state index contributed by atoms with van der Waals surface area (Å²) >= 11 is 0. The minimum Gasteiger partial charge on any atom is -0.473 e. The van der Waals surface area contributed by atoms with Gasteiger partial charge in [-0.2, -0.15) is 0 Å². The highest BCUT2D eigenvalue weighted by Crippen LogP contribution is 2.17. The molecular weight excluding hydrogens is 290 g/mol. The Labute approximate surface area is 137 Å². The second-order valence-electron chi connectivity index (χ2n) is 5.61. The third kappa shape index (κ3) is 4.92. The number of anilines is 2. The standard InChI is InChI=1S/C18H23N3O2/c1-13-8-9-17(10-14(13)2)23-12-19-18(22)20-15-6-5-7-16(11-15)21(3)4/h5-11H,12H2,1-4H3,(H2,19,20,22). The summed E-state index contributed by atoms with van der Waals surface area (Å²) in [6, 6.07) is 13.2. The number of carbonyl (C=O) groups is 1. The number of ether oxygens (including phenoxy) is 1. The number of amides is 2. The van der Waals surface area contributed by atoms with Crippen molar-refractivity contribution in [1.82, 2.24) is 5.32 Å². The number of nitrogens with zero attached hydrogens (tertiary/aromatic N) is 1. The number of urea groups is 1. The SMILES string of the molecule is Cc1ccc(OCNC(=O)Nc2cccc(N(C)C)c2)cc1C. The summed E-state index contributed by atoms with van der Waals surface area (Å²) in [5.74, 6) is 0.739. The molecule has 0 heterocycles. The van der Waals surface area contributed by atoms with Crippen molar-refractivity contribution in [2.45, 2.75) is 13.8 Å². The minimum atomic E-state index is -0.301. The van der Waals surface area contributed by atoms with Crippen LogP contribution in [0.15, 0.2) is 42.5 Å². The normalized spacial score (nSPS) is 10.1. The van der Waals surface area contributed by atoms with Crippen molar-refractivity contribution in [3.63, 3.8) is 0 Å². The van der Waals surface area contributed by atoms with Crippen molar-refractivity contribution in [3.8, 4) is 5.75 Å². The predicted octanol–water partition coefficient (Wildman–Crippen LogP) is 3.53. The van der Waals surface area contributed by atoms with Gasteiger partial charge in [0.1, 0.15) is 5.75 Å². The van der Waals surface area contributed by atoms with Gasteiger partial charge in [-0.05, 0) is 55.3 Å². The zero-order valence-corrected chi connectivity index (χ0v) is 14.0. The molecule has 0 bridgehead atoms. The number of rotatable bonds is 5. The van der Waals surface area contributed by atoms with Gasteiger partial charge in [-0.1, -0.05) is 12.1 Å². The van der Waals surface area contributed by atoms with Crippen molar-refractivity contribution in [3.05, 3.63) is 53.6 Å². The fourth-order valence-corrected chi connectivity index (χ4v) is 2.03. The first-order valence-corrected chi connectivity index (χ1v) is 7.48. The van der Waals surface area contributed by atoms with Crippen LogP contribution in [-0.4, -0.2) is 26.9 Å². The van der Waals surface area contributed by atoms with E-state index >= 15 is 0 Å². The fraction of sp³-hybridized carbons (Fsp3) is 0.278. The van der Waals surface area contributed by atoms with Gasteiger partial charge in [0, 0.05) is 25.5 Å². The van der Waals surface area contributed by atoms with E-state index in [1.165, 1.54) is 5.56 Å². The van der Waals surface area contributed by atoms with Gasteiger partial charge in [0.2, 0.25) is 0 Å². The number of hydrogen-bond donors (Lipinski definition) is 2. The highest BCUT2D eigenvalue weighted by atomic mass is 16.5. The van der Waals surface area contributed by atoms with Crippen LogP contribution in [0.2, 0.25) is 0 Å². The summed E-state index contributed by atoms with van der Waals surface area (Å²) < 4.78 is 5.53. The highest BCUT2D eigenvalue weighted by Gasteiger charge is 2.03. The molecular formula is C18H23N3O2. The zero-order chi connectivity index (χ0) is 16.8. The van der Waals surface area contributed by atoms with Gasteiger partial charge in [0.15, 0.2) is 6.73 Å². The number of nitrogens with one attached hydrogen (secondary N) is 2. The Bertz CT molecular complexity index is 684. The lowest BCUT2D eigenvalue weighted by atomic mass is 10.1. The average Bonchev–Trinajstić information content (AvgIpc) is 2.51. The molecule has 23 heavy (non-hydrogen) atoms. The summed E-state index contributed by atoms with van der Waals surface area (Å²) in [4.78, 5) is 13.9. The van der Waals surface area contributed by atoms with E-state index in [4.69, 9.17) is 4.74 Å². The van der Waals surface area contributed by atoms with Crippen molar-refractivity contribution in [2.24, 2.45) is 0 Å². The molecule has 0 fully saturated rings. The summed E-state index contributed by atoms with van der Waals surface area (Å²) in [5.41, 5.74) is 4.13. The van der Waals surface area contributed by atoms with Crippen LogP contribution in [0.1, 0.15) is 11.1 Å². The average molecular weight is 313 g/mol. The smallest absolute Gasteiger partial charge is 0.321 e. The van der Waals surface area contributed by atoms with E-state index in [1.54, 1.807) is 0 Å². The summed E-state index contributed by atoms with van der Waals surface area (Å²) in [6.45, 7) is 4.19. The van der Waals surface area contributed by atoms with Crippen LogP contribution in [0, 0.1) is 13.8 Å². The molecule has 0 atom stereocenters. The van der Waals surface area contributed by atoms with Gasteiger partial charge in [-0.3, -0.25) is 0 Å². The van der Waals surface area contributed by atoms with Crippen LogP contribution in [-0.2, 0) is 0 Å². The van der Waals surface area contributed by atoms with Crippen LogP contribution in [0.25, 0.3) is 0 Å². The van der Waals surface area contributed by atoms with Gasteiger partial charge in [0.25, 0.3) is 0 Å². The molecule has 0 aliphatic heterocycles. The van der Waals surface area contributed by atoms with Crippen LogP contribution < -0.4 is 20.3 Å². The van der Waals surface area contributed by atoms with Crippen LogP contribution >= 0.6 is 0 Å². The van der Waals surface area contributed by atoms with E-state index < -0.39 is 0 Å². The monoisotopic (exact) mass is 313 g/mol. The van der Waals surface area contributed by atoms with E-state index in [1.807, 2.05) is 75.3 Å². The van der Waals surface area contributed by atoms with E-state index in [-0.39, 0.29) is 12.8 Å². The highest BCUT2D eigenvalue weighted by molar-refractivity contribution is 5.89. The fourth-order valence-electron chi connectivity index (χ4n) is 2.03.